The first-order chi connectivity index (χ1) is 13.3. The molecule has 2 aromatic rings. The van der Waals surface area contributed by atoms with Crippen molar-refractivity contribution in [2.24, 2.45) is 0 Å². The van der Waals surface area contributed by atoms with E-state index >= 15 is 0 Å². The summed E-state index contributed by atoms with van der Waals surface area (Å²) >= 11 is 0. The second-order valence-corrected chi connectivity index (χ2v) is 6.13. The van der Waals surface area contributed by atoms with E-state index in [0.29, 0.717) is 5.39 Å². The van der Waals surface area contributed by atoms with Gasteiger partial charge in [-0.3, -0.25) is 19.0 Å². The van der Waals surface area contributed by atoms with Crippen molar-refractivity contribution in [2.75, 3.05) is 6.61 Å². The molecular formula is C17H18N2O9. The second kappa shape index (κ2) is 7.80. The Bertz CT molecular complexity index is 963. The Morgan fingerprint density at radius 1 is 1.11 bits per heavy atom. The Morgan fingerprint density at radius 3 is 2.43 bits per heavy atom. The molecule has 11 nitrogen and oxygen atoms in total. The molecule has 0 N–H and O–H groups in total. The molecule has 1 aliphatic rings. The van der Waals surface area contributed by atoms with Crippen LogP contribution in [0.4, 0.5) is 0 Å². The largest absolute Gasteiger partial charge is 0.463 e. The van der Waals surface area contributed by atoms with Crippen molar-refractivity contribution in [1.82, 2.24) is 9.55 Å². The van der Waals surface area contributed by atoms with E-state index in [1.807, 2.05) is 0 Å². The maximum absolute atomic E-state index is 12.4. The summed E-state index contributed by atoms with van der Waals surface area (Å²) in [4.78, 5) is 50.6. The predicted molar refractivity (Wildman–Crippen MR) is 89.9 cm³/mol. The van der Waals surface area contributed by atoms with Crippen LogP contribution in [-0.4, -0.2) is 52.4 Å². The Balaban J connectivity index is 2.01. The van der Waals surface area contributed by atoms with Gasteiger partial charge in [0.1, 0.15) is 12.7 Å². The van der Waals surface area contributed by atoms with E-state index in [9.17, 15) is 19.2 Å². The van der Waals surface area contributed by atoms with Crippen LogP contribution in [0.1, 0.15) is 27.0 Å². The molecular weight excluding hydrogens is 376 g/mol. The summed E-state index contributed by atoms with van der Waals surface area (Å²) in [6.45, 7) is 3.28. The van der Waals surface area contributed by atoms with Crippen molar-refractivity contribution in [3.8, 4) is 0 Å². The normalized spacial score (nSPS) is 24.1. The number of rotatable bonds is 5. The first-order valence-electron chi connectivity index (χ1n) is 8.36. The zero-order valence-corrected chi connectivity index (χ0v) is 15.3. The van der Waals surface area contributed by atoms with Crippen LogP contribution in [0.5, 0.6) is 0 Å². The van der Waals surface area contributed by atoms with Gasteiger partial charge in [0.05, 0.1) is 11.6 Å². The molecule has 0 radical (unpaired) electrons. The van der Waals surface area contributed by atoms with Gasteiger partial charge in [0, 0.05) is 27.0 Å². The Labute approximate surface area is 158 Å². The SMILES string of the molecule is CC(=O)OC[C@H]1O[C@@H](n2cc3ccoc3nc2=O)[C@@H](OC(C)=O)[C@@H]1OC(C)=O. The smallest absolute Gasteiger partial charge is 0.353 e. The molecule has 28 heavy (non-hydrogen) atoms. The van der Waals surface area contributed by atoms with E-state index in [0.717, 1.165) is 4.57 Å². The summed E-state index contributed by atoms with van der Waals surface area (Å²) in [7, 11) is 0. The molecule has 4 atom stereocenters. The van der Waals surface area contributed by atoms with Gasteiger partial charge in [0.25, 0.3) is 0 Å². The zero-order chi connectivity index (χ0) is 20.4. The maximum Gasteiger partial charge on any atom is 0.353 e. The third-order valence-electron chi connectivity index (χ3n) is 3.99. The van der Waals surface area contributed by atoms with Gasteiger partial charge in [-0.2, -0.15) is 4.98 Å². The van der Waals surface area contributed by atoms with E-state index in [4.69, 9.17) is 23.4 Å². The lowest BCUT2D eigenvalue weighted by Gasteiger charge is -2.23. The fourth-order valence-corrected chi connectivity index (χ4v) is 2.95. The summed E-state index contributed by atoms with van der Waals surface area (Å²) in [6.07, 6.45) is -1.59. The predicted octanol–water partition coefficient (Wildman–Crippen LogP) is 0.313. The molecule has 1 fully saturated rings. The van der Waals surface area contributed by atoms with Gasteiger partial charge in [-0.25, -0.2) is 4.79 Å². The minimum atomic E-state index is -1.16. The van der Waals surface area contributed by atoms with Crippen molar-refractivity contribution in [2.45, 2.75) is 45.3 Å². The van der Waals surface area contributed by atoms with Crippen LogP contribution in [0.2, 0.25) is 0 Å². The van der Waals surface area contributed by atoms with Crippen LogP contribution >= 0.6 is 0 Å². The number of hydrogen-bond donors (Lipinski definition) is 0. The summed E-state index contributed by atoms with van der Waals surface area (Å²) in [5.41, 5.74) is -0.587. The quantitative estimate of drug-likeness (QED) is 0.515. The number of nitrogens with zero attached hydrogens (tertiary/aromatic N) is 2. The van der Waals surface area contributed by atoms with Gasteiger partial charge in [0.2, 0.25) is 5.71 Å². The van der Waals surface area contributed by atoms with E-state index in [2.05, 4.69) is 4.98 Å². The van der Waals surface area contributed by atoms with Crippen LogP contribution in [-0.2, 0) is 33.3 Å². The molecule has 0 unspecified atom stereocenters. The fraction of sp³-hybridized carbons (Fsp3) is 0.471. The average Bonchev–Trinajstić information content (AvgIpc) is 3.16. The molecule has 0 amide bonds. The lowest BCUT2D eigenvalue weighted by molar-refractivity contribution is -0.166. The second-order valence-electron chi connectivity index (χ2n) is 6.13. The van der Waals surface area contributed by atoms with E-state index in [1.54, 1.807) is 6.07 Å². The number of ether oxygens (including phenoxy) is 4. The van der Waals surface area contributed by atoms with Gasteiger partial charge < -0.3 is 23.4 Å². The molecule has 0 aromatic carbocycles. The highest BCUT2D eigenvalue weighted by molar-refractivity contribution is 5.71. The number of carbonyl (C=O) groups is 3. The number of hydrogen-bond acceptors (Lipinski definition) is 10. The van der Waals surface area contributed by atoms with Crippen molar-refractivity contribution in [3.63, 3.8) is 0 Å². The Morgan fingerprint density at radius 2 is 1.79 bits per heavy atom. The van der Waals surface area contributed by atoms with Gasteiger partial charge in [-0.05, 0) is 6.07 Å². The molecule has 1 aliphatic heterocycles. The summed E-state index contributed by atoms with van der Waals surface area (Å²) in [5, 5.41) is 0.511. The van der Waals surface area contributed by atoms with Crippen LogP contribution in [0.3, 0.4) is 0 Å². The number of aromatic nitrogens is 2. The molecule has 11 heteroatoms. The highest BCUT2D eigenvalue weighted by atomic mass is 16.7. The monoisotopic (exact) mass is 394 g/mol. The maximum atomic E-state index is 12.4. The molecule has 3 heterocycles. The van der Waals surface area contributed by atoms with Crippen molar-refractivity contribution < 1.29 is 37.7 Å². The molecule has 0 bridgehead atoms. The Hall–Kier alpha value is -3.21. The van der Waals surface area contributed by atoms with Crippen molar-refractivity contribution in [3.05, 3.63) is 29.0 Å². The lowest BCUT2D eigenvalue weighted by Crippen LogP contribution is -2.41. The number of carbonyl (C=O) groups excluding carboxylic acids is 3. The third-order valence-corrected chi connectivity index (χ3v) is 3.99. The van der Waals surface area contributed by atoms with Crippen LogP contribution < -0.4 is 5.69 Å². The minimum Gasteiger partial charge on any atom is -0.463 e. The molecule has 1 saturated heterocycles. The topological polar surface area (TPSA) is 136 Å². The third kappa shape index (κ3) is 4.03. The fourth-order valence-electron chi connectivity index (χ4n) is 2.95. The van der Waals surface area contributed by atoms with Crippen LogP contribution in [0.25, 0.3) is 11.1 Å². The molecule has 150 valence electrons. The molecule has 2 aromatic heterocycles. The van der Waals surface area contributed by atoms with Crippen LogP contribution in [0, 0.1) is 0 Å². The minimum absolute atomic E-state index is 0.135. The number of furan rings is 1. The van der Waals surface area contributed by atoms with E-state index < -0.39 is 48.1 Å². The van der Waals surface area contributed by atoms with Gasteiger partial charge in [-0.15, -0.1) is 0 Å². The van der Waals surface area contributed by atoms with E-state index in [-0.39, 0.29) is 12.3 Å². The van der Waals surface area contributed by atoms with Gasteiger partial charge >= 0.3 is 23.6 Å². The lowest BCUT2D eigenvalue weighted by atomic mass is 10.1. The molecule has 0 aliphatic carbocycles. The van der Waals surface area contributed by atoms with Crippen LogP contribution in [0.15, 0.2) is 27.7 Å². The summed E-state index contributed by atoms with van der Waals surface area (Å²) < 4.78 is 27.5. The summed E-state index contributed by atoms with van der Waals surface area (Å²) in [6, 6.07) is 1.59. The highest BCUT2D eigenvalue weighted by Gasteiger charge is 2.51. The van der Waals surface area contributed by atoms with Gasteiger partial charge in [0.15, 0.2) is 18.4 Å². The zero-order valence-electron chi connectivity index (χ0n) is 15.3. The first kappa shape index (κ1) is 19.5. The number of esters is 3. The van der Waals surface area contributed by atoms with Gasteiger partial charge in [-0.1, -0.05) is 0 Å². The van der Waals surface area contributed by atoms with Crippen molar-refractivity contribution in [1.29, 1.82) is 0 Å². The molecule has 3 rings (SSSR count). The van der Waals surface area contributed by atoms with Crippen molar-refractivity contribution >= 4 is 29.0 Å². The standard InChI is InChI=1S/C17H18N2O9/c1-8(20)25-7-12-13(26-9(2)21)14(27-10(3)22)16(28-12)19-6-11-4-5-24-15(11)18-17(19)23/h4-6,12-14,16H,7H2,1-3H3/t12-,13-,14+,16-/m1/s1. The highest BCUT2D eigenvalue weighted by Crippen LogP contribution is 2.34. The molecule has 0 saturated carbocycles. The Kier molecular flexibility index (Phi) is 5.45. The first-order valence-corrected chi connectivity index (χ1v) is 8.36. The average molecular weight is 394 g/mol. The summed E-state index contributed by atoms with van der Waals surface area (Å²) in [5.74, 6) is -1.90. The molecule has 0 spiro atoms. The van der Waals surface area contributed by atoms with E-state index in [1.165, 1.54) is 33.2 Å². The number of fused-ring (bicyclic) bond motifs is 1.